The Morgan fingerprint density at radius 1 is 1.13 bits per heavy atom. The van der Waals surface area contributed by atoms with Gasteiger partial charge in [0, 0.05) is 15.2 Å². The van der Waals surface area contributed by atoms with Crippen molar-refractivity contribution >= 4 is 22.6 Å². The molecule has 0 fully saturated rings. The highest BCUT2D eigenvalue weighted by Gasteiger charge is 2.05. The molecular weight excluding hydrogens is 301 g/mol. The monoisotopic (exact) mass is 312 g/mol. The maximum Gasteiger partial charge on any atom is 0.211 e. The van der Waals surface area contributed by atoms with E-state index in [1.165, 1.54) is 9.13 Å². The maximum atomic E-state index is 9.34. The molecule has 0 spiro atoms. The van der Waals surface area contributed by atoms with E-state index >= 15 is 0 Å². The highest BCUT2D eigenvalue weighted by atomic mass is 127. The molecule has 0 saturated carbocycles. The van der Waals surface area contributed by atoms with Crippen LogP contribution in [0, 0.1) is 3.57 Å². The average Bonchev–Trinajstić information content (AvgIpc) is 2.22. The second kappa shape index (κ2) is 4.61. The fourth-order valence-corrected chi connectivity index (χ4v) is 1.99. The Kier molecular flexibility index (Phi) is 3.20. The molecule has 0 aliphatic carbocycles. The van der Waals surface area contributed by atoms with Crippen LogP contribution in [0.4, 0.5) is 0 Å². The van der Waals surface area contributed by atoms with E-state index in [2.05, 4.69) is 34.7 Å². The van der Waals surface area contributed by atoms with Gasteiger partial charge in [0.25, 0.3) is 0 Å². The van der Waals surface area contributed by atoms with E-state index in [9.17, 15) is 5.11 Å². The van der Waals surface area contributed by atoms with Gasteiger partial charge in [-0.3, -0.25) is 0 Å². The van der Waals surface area contributed by atoms with E-state index in [4.69, 9.17) is 0 Å². The molecule has 1 aromatic carbocycles. The van der Waals surface area contributed by atoms with Crippen molar-refractivity contribution < 1.29 is 9.67 Å². The average molecular weight is 312 g/mol. The predicted octanol–water partition coefficient (Wildman–Crippen LogP) is 2.33. The van der Waals surface area contributed by atoms with Crippen LogP contribution in [0.5, 0.6) is 5.75 Å². The van der Waals surface area contributed by atoms with Crippen molar-refractivity contribution in [2.75, 3.05) is 0 Å². The van der Waals surface area contributed by atoms with Crippen LogP contribution in [0.2, 0.25) is 0 Å². The first-order valence-electron chi connectivity index (χ1n) is 4.67. The molecule has 0 saturated heterocycles. The van der Waals surface area contributed by atoms with Gasteiger partial charge < -0.3 is 5.11 Å². The highest BCUT2D eigenvalue weighted by Crippen LogP contribution is 2.11. The standard InChI is InChI=1S/C12H10INO/c13-12-6-2-1-4-10(12)8-14-7-3-5-11(15)9-14/h1-7,9H,8H2/p+1. The van der Waals surface area contributed by atoms with Crippen LogP contribution in [-0.4, -0.2) is 5.11 Å². The molecule has 0 unspecified atom stereocenters. The molecule has 1 N–H and O–H groups in total. The van der Waals surface area contributed by atoms with Crippen molar-refractivity contribution in [2.45, 2.75) is 6.54 Å². The van der Waals surface area contributed by atoms with Gasteiger partial charge >= 0.3 is 0 Å². The van der Waals surface area contributed by atoms with E-state index < -0.39 is 0 Å². The Morgan fingerprint density at radius 3 is 2.67 bits per heavy atom. The SMILES string of the molecule is Oc1ccc[n+](Cc2ccccc2I)c1. The van der Waals surface area contributed by atoms with Crippen LogP contribution in [0.1, 0.15) is 5.56 Å². The molecule has 2 aromatic rings. The third-order valence-electron chi connectivity index (χ3n) is 2.15. The van der Waals surface area contributed by atoms with Gasteiger partial charge in [0.15, 0.2) is 18.5 Å². The van der Waals surface area contributed by atoms with Gasteiger partial charge in [0.05, 0.1) is 0 Å². The third kappa shape index (κ3) is 2.68. The second-order valence-electron chi connectivity index (χ2n) is 3.33. The van der Waals surface area contributed by atoms with Gasteiger partial charge in [0.2, 0.25) is 6.20 Å². The number of hydrogen-bond acceptors (Lipinski definition) is 1. The van der Waals surface area contributed by atoms with Gasteiger partial charge in [-0.25, -0.2) is 0 Å². The lowest BCUT2D eigenvalue weighted by Gasteiger charge is -2.00. The van der Waals surface area contributed by atoms with Crippen molar-refractivity contribution in [3.8, 4) is 5.75 Å². The Hall–Kier alpha value is -1.10. The lowest BCUT2D eigenvalue weighted by molar-refractivity contribution is -0.688. The summed E-state index contributed by atoms with van der Waals surface area (Å²) in [6, 6.07) is 11.7. The molecule has 15 heavy (non-hydrogen) atoms. The Morgan fingerprint density at radius 2 is 1.93 bits per heavy atom. The zero-order valence-electron chi connectivity index (χ0n) is 8.10. The molecule has 1 heterocycles. The van der Waals surface area contributed by atoms with Crippen LogP contribution in [0.15, 0.2) is 48.8 Å². The summed E-state index contributed by atoms with van der Waals surface area (Å²) in [5.41, 5.74) is 1.26. The van der Waals surface area contributed by atoms with Crippen molar-refractivity contribution in [3.05, 3.63) is 57.9 Å². The zero-order valence-corrected chi connectivity index (χ0v) is 10.3. The fourth-order valence-electron chi connectivity index (χ4n) is 1.43. The topological polar surface area (TPSA) is 24.1 Å². The molecule has 0 bridgehead atoms. The summed E-state index contributed by atoms with van der Waals surface area (Å²) in [5, 5.41) is 9.34. The van der Waals surface area contributed by atoms with Crippen LogP contribution in [-0.2, 0) is 6.54 Å². The summed E-state index contributed by atoms with van der Waals surface area (Å²) in [6.07, 6.45) is 3.67. The van der Waals surface area contributed by atoms with Gasteiger partial charge in [-0.2, -0.15) is 4.57 Å². The molecule has 2 nitrogen and oxygen atoms in total. The molecule has 0 amide bonds. The molecule has 0 radical (unpaired) electrons. The maximum absolute atomic E-state index is 9.34. The van der Waals surface area contributed by atoms with Crippen molar-refractivity contribution in [2.24, 2.45) is 0 Å². The second-order valence-corrected chi connectivity index (χ2v) is 4.49. The molecule has 76 valence electrons. The summed E-state index contributed by atoms with van der Waals surface area (Å²) < 4.78 is 3.21. The van der Waals surface area contributed by atoms with E-state index in [1.807, 2.05) is 29.0 Å². The molecule has 0 aliphatic heterocycles. The summed E-state index contributed by atoms with van der Waals surface area (Å²) in [5.74, 6) is 0.295. The van der Waals surface area contributed by atoms with Gasteiger partial charge in [0.1, 0.15) is 0 Å². The Balaban J connectivity index is 2.26. The highest BCUT2D eigenvalue weighted by molar-refractivity contribution is 14.1. The number of benzene rings is 1. The minimum atomic E-state index is 0.295. The molecule has 1 aromatic heterocycles. The Bertz CT molecular complexity index is 471. The summed E-state index contributed by atoms with van der Waals surface area (Å²) >= 11 is 2.32. The van der Waals surface area contributed by atoms with E-state index in [0.29, 0.717) is 5.75 Å². The van der Waals surface area contributed by atoms with Crippen molar-refractivity contribution in [1.29, 1.82) is 0 Å². The van der Waals surface area contributed by atoms with Crippen LogP contribution < -0.4 is 4.57 Å². The van der Waals surface area contributed by atoms with E-state index in [-0.39, 0.29) is 0 Å². The van der Waals surface area contributed by atoms with Crippen LogP contribution >= 0.6 is 22.6 Å². The molecule has 3 heteroatoms. The van der Waals surface area contributed by atoms with Crippen molar-refractivity contribution in [3.63, 3.8) is 0 Å². The van der Waals surface area contributed by atoms with E-state index in [1.54, 1.807) is 12.3 Å². The summed E-state index contributed by atoms with van der Waals surface area (Å²) in [7, 11) is 0. The third-order valence-corrected chi connectivity index (χ3v) is 3.21. The quantitative estimate of drug-likeness (QED) is 0.668. The van der Waals surface area contributed by atoms with Gasteiger partial charge in [-0.15, -0.1) is 0 Å². The number of aromatic nitrogens is 1. The number of pyridine rings is 1. The smallest absolute Gasteiger partial charge is 0.211 e. The molecule has 2 rings (SSSR count). The number of rotatable bonds is 2. The van der Waals surface area contributed by atoms with E-state index in [0.717, 1.165) is 6.54 Å². The molecular formula is C12H11INO+. The largest absolute Gasteiger partial charge is 0.503 e. The lowest BCUT2D eigenvalue weighted by atomic mass is 10.2. The summed E-state index contributed by atoms with van der Waals surface area (Å²) in [6.45, 7) is 0.785. The molecule has 0 aliphatic rings. The zero-order chi connectivity index (χ0) is 10.7. The Labute approximate surface area is 102 Å². The van der Waals surface area contributed by atoms with Crippen LogP contribution in [0.25, 0.3) is 0 Å². The van der Waals surface area contributed by atoms with Gasteiger partial charge in [-0.1, -0.05) is 18.2 Å². The minimum Gasteiger partial charge on any atom is -0.503 e. The number of aromatic hydroxyl groups is 1. The number of halogens is 1. The number of hydrogen-bond donors (Lipinski definition) is 1. The van der Waals surface area contributed by atoms with Crippen LogP contribution in [0.3, 0.4) is 0 Å². The number of nitrogens with zero attached hydrogens (tertiary/aromatic N) is 1. The molecule has 0 atom stereocenters. The first kappa shape index (κ1) is 10.4. The van der Waals surface area contributed by atoms with Crippen molar-refractivity contribution in [1.82, 2.24) is 0 Å². The summed E-state index contributed by atoms with van der Waals surface area (Å²) in [4.78, 5) is 0. The lowest BCUT2D eigenvalue weighted by Crippen LogP contribution is -2.33. The predicted molar refractivity (Wildman–Crippen MR) is 66.6 cm³/mol. The normalized spacial score (nSPS) is 10.2. The first-order valence-corrected chi connectivity index (χ1v) is 5.75. The minimum absolute atomic E-state index is 0.295. The first-order chi connectivity index (χ1) is 7.25. The van der Waals surface area contributed by atoms with Gasteiger partial charge in [-0.05, 0) is 34.7 Å². The fraction of sp³-hybridized carbons (Fsp3) is 0.0833.